The molecule has 1 atom stereocenters. The number of carboxylic acid groups (broad SMARTS) is 1. The van der Waals surface area contributed by atoms with Gasteiger partial charge in [-0.3, -0.25) is 0 Å². The topological polar surface area (TPSA) is 85.2 Å². The molecular weight excluding hydrogens is 559 g/mol. The smallest absolute Gasteiger partial charge is 0.418 e. The Morgan fingerprint density at radius 3 is 2.33 bits per heavy atom. The second kappa shape index (κ2) is 11.5. The summed E-state index contributed by atoms with van der Waals surface area (Å²) < 4.78 is 70.3. The fourth-order valence-corrected chi connectivity index (χ4v) is 4.67. The van der Waals surface area contributed by atoms with E-state index in [1.807, 2.05) is 0 Å². The van der Waals surface area contributed by atoms with Gasteiger partial charge in [0.2, 0.25) is 0 Å². The lowest BCUT2D eigenvalue weighted by molar-refractivity contribution is -0.136. The first kappa shape index (κ1) is 28.8. The number of nitrogens with zero attached hydrogens (tertiary/aromatic N) is 3. The van der Waals surface area contributed by atoms with Gasteiger partial charge in [-0.2, -0.15) is 18.2 Å². The maximum absolute atomic E-state index is 15.6. The third kappa shape index (κ3) is 6.17. The molecule has 3 aromatic rings. The van der Waals surface area contributed by atoms with Crippen molar-refractivity contribution < 1.29 is 36.6 Å². The summed E-state index contributed by atoms with van der Waals surface area (Å²) in [5.41, 5.74) is -1.87. The van der Waals surface area contributed by atoms with E-state index < -0.39 is 47.2 Å². The highest BCUT2D eigenvalue weighted by molar-refractivity contribution is 6.33. The van der Waals surface area contributed by atoms with Crippen molar-refractivity contribution in [2.24, 2.45) is 4.99 Å². The lowest BCUT2D eigenvalue weighted by atomic mass is 10.0. The maximum atomic E-state index is 15.6. The summed E-state index contributed by atoms with van der Waals surface area (Å²) in [6, 6.07) is 10.1. The van der Waals surface area contributed by atoms with Gasteiger partial charge in [-0.25, -0.2) is 18.4 Å². The van der Waals surface area contributed by atoms with Gasteiger partial charge in [-0.05, 0) is 37.3 Å². The van der Waals surface area contributed by atoms with Gasteiger partial charge in [0, 0.05) is 41.8 Å². The molecule has 0 aromatic heterocycles. The molecule has 1 fully saturated rings. The van der Waals surface area contributed by atoms with Crippen LogP contribution in [0.15, 0.2) is 65.7 Å². The Morgan fingerprint density at radius 1 is 1.00 bits per heavy atom. The van der Waals surface area contributed by atoms with Gasteiger partial charge < -0.3 is 20.2 Å². The van der Waals surface area contributed by atoms with Crippen molar-refractivity contribution in [3.8, 4) is 11.1 Å². The Balaban J connectivity index is 1.78. The van der Waals surface area contributed by atoms with Crippen LogP contribution in [0.25, 0.3) is 11.1 Å². The molecule has 1 aliphatic rings. The van der Waals surface area contributed by atoms with Crippen LogP contribution < -0.4 is 5.32 Å². The monoisotopic (exact) mass is 580 g/mol. The SMILES string of the molecule is CC1CN(C(=O)O)CCN1/C(=N\C(=O)Nc1ccccc1C(F)(F)F)c1cc(Cl)c(-c2ccccc2F)cc1F. The predicted octanol–water partition coefficient (Wildman–Crippen LogP) is 6.97. The Labute approximate surface area is 230 Å². The van der Waals surface area contributed by atoms with Crippen LogP contribution >= 0.6 is 11.6 Å². The molecule has 3 amide bonds. The number of amides is 3. The number of nitrogens with one attached hydrogen (secondary N) is 1. The van der Waals surface area contributed by atoms with E-state index in [4.69, 9.17) is 11.6 Å². The number of benzene rings is 3. The second-order valence-corrected chi connectivity index (χ2v) is 9.38. The number of anilines is 1. The van der Waals surface area contributed by atoms with Crippen molar-refractivity contribution in [1.82, 2.24) is 9.80 Å². The van der Waals surface area contributed by atoms with Gasteiger partial charge in [0.05, 0.1) is 16.8 Å². The van der Waals surface area contributed by atoms with Crippen molar-refractivity contribution in [2.45, 2.75) is 19.1 Å². The van der Waals surface area contributed by atoms with Crippen LogP contribution in [-0.4, -0.2) is 58.5 Å². The fraction of sp³-hybridized carbons (Fsp3) is 0.222. The van der Waals surface area contributed by atoms with Gasteiger partial charge in [0.1, 0.15) is 17.5 Å². The van der Waals surface area contributed by atoms with Crippen LogP contribution in [0, 0.1) is 11.6 Å². The molecule has 0 saturated carbocycles. The van der Waals surface area contributed by atoms with Crippen molar-refractivity contribution in [2.75, 3.05) is 25.0 Å². The number of halogens is 6. The van der Waals surface area contributed by atoms with Crippen molar-refractivity contribution >= 4 is 35.2 Å². The zero-order chi connectivity index (χ0) is 29.2. The number of alkyl halides is 3. The number of aliphatic imine (C=N–C) groups is 1. The number of piperazine rings is 1. The molecule has 40 heavy (non-hydrogen) atoms. The largest absolute Gasteiger partial charge is 0.465 e. The average molecular weight is 581 g/mol. The number of rotatable bonds is 3. The van der Waals surface area contributed by atoms with Gasteiger partial charge >= 0.3 is 18.3 Å². The Morgan fingerprint density at radius 2 is 1.68 bits per heavy atom. The van der Waals surface area contributed by atoms with Gasteiger partial charge in [0.15, 0.2) is 0 Å². The van der Waals surface area contributed by atoms with Gasteiger partial charge in [-0.15, -0.1) is 0 Å². The number of para-hydroxylation sites is 1. The zero-order valence-electron chi connectivity index (χ0n) is 20.8. The Bertz CT molecular complexity index is 1480. The molecule has 1 unspecified atom stereocenters. The third-order valence-corrected chi connectivity index (χ3v) is 6.63. The van der Waals surface area contributed by atoms with E-state index in [-0.39, 0.29) is 47.2 Å². The van der Waals surface area contributed by atoms with Crippen molar-refractivity contribution in [3.63, 3.8) is 0 Å². The highest BCUT2D eigenvalue weighted by atomic mass is 35.5. The van der Waals surface area contributed by atoms with Crippen LogP contribution in [0.1, 0.15) is 18.1 Å². The highest BCUT2D eigenvalue weighted by Crippen LogP contribution is 2.35. The Kier molecular flexibility index (Phi) is 8.29. The first-order valence-corrected chi connectivity index (χ1v) is 12.3. The molecular formula is C27H22ClF5N4O3. The number of carbonyl (C=O) groups is 2. The third-order valence-electron chi connectivity index (χ3n) is 6.31. The minimum Gasteiger partial charge on any atom is -0.465 e. The quantitative estimate of drug-likeness (QED) is 0.199. The summed E-state index contributed by atoms with van der Waals surface area (Å²) in [4.78, 5) is 30.9. The number of amidine groups is 1. The van der Waals surface area contributed by atoms with Gasteiger partial charge in [0.25, 0.3) is 0 Å². The molecule has 0 spiro atoms. The van der Waals surface area contributed by atoms with Crippen LogP contribution in [0.2, 0.25) is 5.02 Å². The van der Waals surface area contributed by atoms with E-state index in [0.29, 0.717) is 0 Å². The van der Waals surface area contributed by atoms with E-state index in [9.17, 15) is 32.3 Å². The molecule has 0 bridgehead atoms. The minimum absolute atomic E-state index is 0.00909. The molecule has 210 valence electrons. The molecule has 1 heterocycles. The summed E-state index contributed by atoms with van der Waals surface area (Å²) in [6.45, 7) is 1.58. The summed E-state index contributed by atoms with van der Waals surface area (Å²) in [5.74, 6) is -1.86. The normalized spacial score (nSPS) is 16.2. The summed E-state index contributed by atoms with van der Waals surface area (Å²) >= 11 is 6.41. The predicted molar refractivity (Wildman–Crippen MR) is 140 cm³/mol. The van der Waals surface area contributed by atoms with Crippen LogP contribution in [0.5, 0.6) is 0 Å². The standard InChI is InChI=1S/C27H22ClF5N4O3/c1-15-14-36(26(39)40)10-11-37(15)24(35-25(38)34-23-9-5-3-7-19(23)27(31,32)33)18-12-20(28)17(13-22(18)30)16-6-2-4-8-21(16)29/h2-9,12-13,15H,10-11,14H2,1H3,(H,34,38)(H,39,40)/b35-24-. The summed E-state index contributed by atoms with van der Waals surface area (Å²) in [7, 11) is 0. The molecule has 2 N–H and O–H groups in total. The van der Waals surface area contributed by atoms with Crippen LogP contribution in [0.4, 0.5) is 37.2 Å². The van der Waals surface area contributed by atoms with E-state index in [1.165, 1.54) is 29.2 Å². The van der Waals surface area contributed by atoms with E-state index in [2.05, 4.69) is 10.3 Å². The summed E-state index contributed by atoms with van der Waals surface area (Å²) in [6.07, 6.45) is -5.93. The van der Waals surface area contributed by atoms with Crippen molar-refractivity contribution in [1.29, 1.82) is 0 Å². The average Bonchev–Trinajstić information content (AvgIpc) is 2.89. The number of hydrogen-bond acceptors (Lipinski definition) is 2. The van der Waals surface area contributed by atoms with Crippen LogP contribution in [-0.2, 0) is 6.18 Å². The molecule has 13 heteroatoms. The zero-order valence-corrected chi connectivity index (χ0v) is 21.6. The molecule has 0 radical (unpaired) electrons. The molecule has 1 saturated heterocycles. The Hall–Kier alpha value is -4.19. The lowest BCUT2D eigenvalue weighted by Gasteiger charge is -2.40. The van der Waals surface area contributed by atoms with E-state index in [0.717, 1.165) is 35.2 Å². The van der Waals surface area contributed by atoms with E-state index >= 15 is 4.39 Å². The first-order chi connectivity index (χ1) is 18.9. The molecule has 3 aromatic carbocycles. The minimum atomic E-state index is -4.76. The molecule has 4 rings (SSSR count). The fourth-order valence-electron chi connectivity index (χ4n) is 4.41. The van der Waals surface area contributed by atoms with Gasteiger partial charge in [-0.1, -0.05) is 41.9 Å². The van der Waals surface area contributed by atoms with E-state index in [1.54, 1.807) is 13.0 Å². The van der Waals surface area contributed by atoms with Crippen LogP contribution in [0.3, 0.4) is 0 Å². The number of urea groups is 1. The maximum Gasteiger partial charge on any atom is 0.418 e. The molecule has 7 nitrogen and oxygen atoms in total. The lowest BCUT2D eigenvalue weighted by Crippen LogP contribution is -2.55. The number of hydrogen-bond donors (Lipinski definition) is 2. The van der Waals surface area contributed by atoms with Crippen molar-refractivity contribution in [3.05, 3.63) is 88.4 Å². The second-order valence-electron chi connectivity index (χ2n) is 8.97. The number of carbonyl (C=O) groups excluding carboxylic acids is 1. The summed E-state index contributed by atoms with van der Waals surface area (Å²) in [5, 5.41) is 11.4. The molecule has 1 aliphatic heterocycles. The molecule has 0 aliphatic carbocycles. The first-order valence-electron chi connectivity index (χ1n) is 11.9. The highest BCUT2D eigenvalue weighted by Gasteiger charge is 2.34.